The minimum Gasteiger partial charge on any atom is -0.382 e. The molecule has 0 atom stereocenters. The molecule has 0 aromatic heterocycles. The average Bonchev–Trinajstić information content (AvgIpc) is 2.14. The van der Waals surface area contributed by atoms with Crippen molar-refractivity contribution < 1.29 is 14.7 Å². The lowest BCUT2D eigenvalue weighted by Crippen LogP contribution is -2.60. The van der Waals surface area contributed by atoms with E-state index >= 15 is 0 Å². The van der Waals surface area contributed by atoms with Crippen LogP contribution in [-0.4, -0.2) is 47.8 Å². The molecular weight excluding hydrogens is 206 g/mol. The van der Waals surface area contributed by atoms with Crippen molar-refractivity contribution in [2.45, 2.75) is 57.7 Å². The zero-order chi connectivity index (χ0) is 12.4. The highest BCUT2D eigenvalue weighted by molar-refractivity contribution is 4.96. The molecule has 1 N–H and O–H groups in total. The molecule has 0 spiro atoms. The van der Waals surface area contributed by atoms with Crippen molar-refractivity contribution in [2.75, 3.05) is 20.3 Å². The Kier molecular flexibility index (Phi) is 4.35. The van der Waals surface area contributed by atoms with Gasteiger partial charge in [-0.15, -0.1) is 0 Å². The monoisotopic (exact) mass is 231 g/mol. The number of methoxy groups -OCH3 is 1. The molecular formula is C12H25NO3. The summed E-state index contributed by atoms with van der Waals surface area (Å²) in [5.41, 5.74) is -0.473. The minimum absolute atomic E-state index is 0.198. The molecule has 1 rings (SSSR count). The molecule has 0 aromatic carbocycles. The largest absolute Gasteiger partial charge is 0.382 e. The number of hydrogen-bond acceptors (Lipinski definition) is 4. The van der Waals surface area contributed by atoms with Gasteiger partial charge in [0, 0.05) is 18.2 Å². The lowest BCUT2D eigenvalue weighted by molar-refractivity contribution is -0.261. The van der Waals surface area contributed by atoms with E-state index < -0.39 is 0 Å². The molecule has 1 fully saturated rings. The second-order valence-electron chi connectivity index (χ2n) is 5.83. The van der Waals surface area contributed by atoms with Crippen LogP contribution in [0.15, 0.2) is 0 Å². The Labute approximate surface area is 98.5 Å². The maximum Gasteiger partial charge on any atom is 0.0704 e. The second kappa shape index (κ2) is 5.00. The van der Waals surface area contributed by atoms with E-state index in [1.807, 2.05) is 27.7 Å². The van der Waals surface area contributed by atoms with E-state index in [-0.39, 0.29) is 17.2 Å². The Hall–Kier alpha value is -0.160. The van der Waals surface area contributed by atoms with Crippen LogP contribution in [0.5, 0.6) is 0 Å². The zero-order valence-corrected chi connectivity index (χ0v) is 11.1. The summed E-state index contributed by atoms with van der Waals surface area (Å²) in [6, 6.07) is 0. The van der Waals surface area contributed by atoms with Crippen LogP contribution in [0.2, 0.25) is 0 Å². The van der Waals surface area contributed by atoms with Crippen molar-refractivity contribution in [3.8, 4) is 0 Å². The van der Waals surface area contributed by atoms with Gasteiger partial charge in [-0.1, -0.05) is 0 Å². The molecule has 0 unspecified atom stereocenters. The first-order chi connectivity index (χ1) is 7.29. The van der Waals surface area contributed by atoms with Gasteiger partial charge in [0.15, 0.2) is 0 Å². The lowest BCUT2D eigenvalue weighted by atomic mass is 9.80. The van der Waals surface area contributed by atoms with Crippen molar-refractivity contribution in [1.29, 1.82) is 0 Å². The van der Waals surface area contributed by atoms with E-state index in [9.17, 15) is 5.21 Å². The molecule has 96 valence electrons. The van der Waals surface area contributed by atoms with E-state index in [0.29, 0.717) is 13.2 Å². The van der Waals surface area contributed by atoms with Crippen LogP contribution < -0.4 is 0 Å². The summed E-state index contributed by atoms with van der Waals surface area (Å²) in [6.07, 6.45) is 1.89. The van der Waals surface area contributed by atoms with Gasteiger partial charge in [0.1, 0.15) is 0 Å². The summed E-state index contributed by atoms with van der Waals surface area (Å²) in [5.74, 6) is 0. The third-order valence-electron chi connectivity index (χ3n) is 3.24. The van der Waals surface area contributed by atoms with Gasteiger partial charge in [-0.3, -0.25) is 0 Å². The maximum absolute atomic E-state index is 10.1. The van der Waals surface area contributed by atoms with Gasteiger partial charge in [0.2, 0.25) is 0 Å². The molecule has 0 saturated carbocycles. The summed E-state index contributed by atoms with van der Waals surface area (Å²) in [5, 5.41) is 11.6. The molecule has 16 heavy (non-hydrogen) atoms. The van der Waals surface area contributed by atoms with Gasteiger partial charge in [0.25, 0.3) is 0 Å². The van der Waals surface area contributed by atoms with Gasteiger partial charge in [0.05, 0.1) is 19.3 Å². The fourth-order valence-electron chi connectivity index (χ4n) is 2.59. The normalized spacial score (nSPS) is 25.9. The first-order valence-electron chi connectivity index (χ1n) is 5.89. The van der Waals surface area contributed by atoms with Crippen LogP contribution in [0.3, 0.4) is 0 Å². The molecule has 1 aliphatic rings. The summed E-state index contributed by atoms with van der Waals surface area (Å²) in [6.45, 7) is 9.42. The van der Waals surface area contributed by atoms with E-state index in [2.05, 4.69) is 0 Å². The van der Waals surface area contributed by atoms with E-state index in [4.69, 9.17) is 9.47 Å². The fourth-order valence-corrected chi connectivity index (χ4v) is 2.59. The third kappa shape index (κ3) is 3.17. The van der Waals surface area contributed by atoms with Crippen molar-refractivity contribution in [2.24, 2.45) is 0 Å². The SMILES string of the molecule is COCCOC1CC(C)(C)N(O)C(C)(C)C1. The Morgan fingerprint density at radius 1 is 1.12 bits per heavy atom. The molecule has 0 amide bonds. The fraction of sp³-hybridized carbons (Fsp3) is 1.00. The lowest BCUT2D eigenvalue weighted by Gasteiger charge is -2.51. The number of piperidine rings is 1. The molecule has 1 aliphatic heterocycles. The Bertz CT molecular complexity index is 210. The molecule has 1 heterocycles. The van der Waals surface area contributed by atoms with E-state index in [1.54, 1.807) is 7.11 Å². The smallest absolute Gasteiger partial charge is 0.0704 e. The van der Waals surface area contributed by atoms with Gasteiger partial charge in [-0.05, 0) is 40.5 Å². The predicted molar refractivity (Wildman–Crippen MR) is 62.6 cm³/mol. The van der Waals surface area contributed by atoms with Crippen molar-refractivity contribution in [1.82, 2.24) is 5.06 Å². The summed E-state index contributed by atoms with van der Waals surface area (Å²) < 4.78 is 10.8. The average molecular weight is 231 g/mol. The van der Waals surface area contributed by atoms with Crippen LogP contribution in [-0.2, 0) is 9.47 Å². The van der Waals surface area contributed by atoms with Gasteiger partial charge in [-0.2, -0.15) is 5.06 Å². The molecule has 0 bridgehead atoms. The second-order valence-corrected chi connectivity index (χ2v) is 5.83. The van der Waals surface area contributed by atoms with Gasteiger partial charge < -0.3 is 14.7 Å². The van der Waals surface area contributed by atoms with Crippen molar-refractivity contribution >= 4 is 0 Å². The van der Waals surface area contributed by atoms with Crippen molar-refractivity contribution in [3.05, 3.63) is 0 Å². The number of hydrogen-bond donors (Lipinski definition) is 1. The summed E-state index contributed by atoms with van der Waals surface area (Å²) in [7, 11) is 1.67. The third-order valence-corrected chi connectivity index (χ3v) is 3.24. The Morgan fingerprint density at radius 2 is 1.62 bits per heavy atom. The number of ether oxygens (including phenoxy) is 2. The van der Waals surface area contributed by atoms with Gasteiger partial charge >= 0.3 is 0 Å². The molecule has 0 aromatic rings. The van der Waals surface area contributed by atoms with E-state index in [1.165, 1.54) is 5.06 Å². The van der Waals surface area contributed by atoms with Gasteiger partial charge in [-0.25, -0.2) is 0 Å². The maximum atomic E-state index is 10.1. The van der Waals surface area contributed by atoms with Crippen LogP contribution in [0.4, 0.5) is 0 Å². The molecule has 4 nitrogen and oxygen atoms in total. The molecule has 1 saturated heterocycles. The number of rotatable bonds is 4. The Balaban J connectivity index is 2.57. The number of nitrogens with zero attached hydrogens (tertiary/aromatic N) is 1. The molecule has 0 aliphatic carbocycles. The highest BCUT2D eigenvalue weighted by Gasteiger charge is 2.45. The standard InChI is InChI=1S/C12H25NO3/c1-11(2)8-10(16-7-6-15-5)9-12(3,4)13(11)14/h10,14H,6-9H2,1-5H3. The highest BCUT2D eigenvalue weighted by Crippen LogP contribution is 2.37. The highest BCUT2D eigenvalue weighted by atomic mass is 16.5. The van der Waals surface area contributed by atoms with Crippen molar-refractivity contribution in [3.63, 3.8) is 0 Å². The van der Waals surface area contributed by atoms with Crippen LogP contribution in [0, 0.1) is 0 Å². The van der Waals surface area contributed by atoms with Crippen LogP contribution in [0.1, 0.15) is 40.5 Å². The van der Waals surface area contributed by atoms with Crippen LogP contribution >= 0.6 is 0 Å². The Morgan fingerprint density at radius 3 is 2.06 bits per heavy atom. The predicted octanol–water partition coefficient (Wildman–Crippen LogP) is 2.06. The topological polar surface area (TPSA) is 41.9 Å². The molecule has 0 radical (unpaired) electrons. The zero-order valence-electron chi connectivity index (χ0n) is 11.1. The number of hydroxylamine groups is 2. The quantitative estimate of drug-likeness (QED) is 0.752. The van der Waals surface area contributed by atoms with E-state index in [0.717, 1.165) is 12.8 Å². The van der Waals surface area contributed by atoms with Crippen LogP contribution in [0.25, 0.3) is 0 Å². The first kappa shape index (κ1) is 13.9. The summed E-state index contributed by atoms with van der Waals surface area (Å²) in [4.78, 5) is 0. The molecule has 4 heteroatoms. The summed E-state index contributed by atoms with van der Waals surface area (Å²) >= 11 is 0. The minimum atomic E-state index is -0.237. The first-order valence-corrected chi connectivity index (χ1v) is 5.89.